The molecule has 0 fully saturated rings. The van der Waals surface area contributed by atoms with E-state index in [-0.39, 0.29) is 36.2 Å². The number of aliphatic hydroxyl groups excluding tert-OH is 1. The van der Waals surface area contributed by atoms with Gasteiger partial charge in [0.2, 0.25) is 0 Å². The van der Waals surface area contributed by atoms with Crippen molar-refractivity contribution in [2.24, 2.45) is 0 Å². The number of imidazole rings is 1. The van der Waals surface area contributed by atoms with Gasteiger partial charge in [-0.15, -0.1) is 0 Å². The Morgan fingerprint density at radius 1 is 1.13 bits per heavy atom. The Labute approximate surface area is 173 Å². The molecule has 0 radical (unpaired) electrons. The van der Waals surface area contributed by atoms with Crippen LogP contribution in [0.15, 0.2) is 47.8 Å². The van der Waals surface area contributed by atoms with Crippen LogP contribution in [-0.2, 0) is 23.1 Å². The number of pyridine rings is 1. The van der Waals surface area contributed by atoms with Crippen molar-refractivity contribution < 1.29 is 26.5 Å². The summed E-state index contributed by atoms with van der Waals surface area (Å²) in [6.07, 6.45) is 3.26. The first-order valence-corrected chi connectivity index (χ1v) is 10.6. The van der Waals surface area contributed by atoms with Crippen molar-refractivity contribution in [3.8, 4) is 5.75 Å². The van der Waals surface area contributed by atoms with Gasteiger partial charge in [-0.25, -0.2) is 13.8 Å². The first-order valence-electron chi connectivity index (χ1n) is 9.21. The predicted molar refractivity (Wildman–Crippen MR) is 105 cm³/mol. The largest absolute Gasteiger partial charge is 0.396 e. The minimum absolute atomic E-state index is 0.120. The third-order valence-corrected chi connectivity index (χ3v) is 5.59. The summed E-state index contributed by atoms with van der Waals surface area (Å²) in [5, 5.41) is 9.20. The van der Waals surface area contributed by atoms with Gasteiger partial charge in [-0.2, -0.15) is 8.42 Å². The molecule has 0 aliphatic heterocycles. The minimum Gasteiger partial charge on any atom is -0.396 e. The average molecular weight is 437 g/mol. The van der Waals surface area contributed by atoms with E-state index >= 15 is 0 Å². The van der Waals surface area contributed by atoms with Crippen LogP contribution in [-0.4, -0.2) is 34.7 Å². The second-order valence-electron chi connectivity index (χ2n) is 6.93. The summed E-state index contributed by atoms with van der Waals surface area (Å²) in [5.41, 5.74) is 0.995. The van der Waals surface area contributed by atoms with E-state index in [1.807, 2.05) is 0 Å². The van der Waals surface area contributed by atoms with E-state index in [4.69, 9.17) is 4.18 Å². The predicted octanol–water partition coefficient (Wildman–Crippen LogP) is 3.03. The van der Waals surface area contributed by atoms with Crippen molar-refractivity contribution in [2.45, 2.75) is 37.8 Å². The number of benzene rings is 1. The van der Waals surface area contributed by atoms with Gasteiger partial charge in [0.25, 0.3) is 0 Å². The van der Waals surface area contributed by atoms with Crippen LogP contribution in [0.3, 0.4) is 0 Å². The lowest BCUT2D eigenvalue weighted by molar-refractivity contribution is 0.294. The van der Waals surface area contributed by atoms with Gasteiger partial charge in [0.1, 0.15) is 23.2 Å². The Morgan fingerprint density at radius 2 is 1.77 bits per heavy atom. The Bertz CT molecular complexity index is 1110. The van der Waals surface area contributed by atoms with Crippen LogP contribution in [0, 0.1) is 11.6 Å². The Morgan fingerprint density at radius 3 is 2.33 bits per heavy atom. The van der Waals surface area contributed by atoms with Gasteiger partial charge in [0, 0.05) is 37.0 Å². The highest BCUT2D eigenvalue weighted by atomic mass is 32.2. The molecule has 0 saturated carbocycles. The number of aromatic nitrogens is 3. The van der Waals surface area contributed by atoms with Crippen LogP contribution in [0.2, 0.25) is 0 Å². The van der Waals surface area contributed by atoms with Crippen molar-refractivity contribution in [1.29, 1.82) is 0 Å². The summed E-state index contributed by atoms with van der Waals surface area (Å²) in [5.74, 6) is -2.35. The van der Waals surface area contributed by atoms with Crippen LogP contribution in [0.5, 0.6) is 5.75 Å². The fraction of sp³-hybridized carbons (Fsp3) is 0.300. The highest BCUT2D eigenvalue weighted by Gasteiger charge is 2.31. The van der Waals surface area contributed by atoms with E-state index in [1.54, 1.807) is 38.4 Å². The lowest BCUT2D eigenvalue weighted by Crippen LogP contribution is -2.19. The molecule has 3 rings (SSSR count). The van der Waals surface area contributed by atoms with Gasteiger partial charge in [-0.1, -0.05) is 13.8 Å². The average Bonchev–Trinajstić information content (AvgIpc) is 3.01. The fourth-order valence-electron chi connectivity index (χ4n) is 3.01. The number of halogens is 2. The molecule has 0 atom stereocenters. The van der Waals surface area contributed by atoms with Crippen LogP contribution >= 0.6 is 0 Å². The summed E-state index contributed by atoms with van der Waals surface area (Å²) in [6.45, 7) is 3.43. The molecule has 2 aromatic heterocycles. The standard InChI is InChI=1S/C20H21F2N3O4S/c1-13(2)19-20(30(27,28)29-17-10-15(21)9-16(22)11-17)25(18(24-19)5-8-26)12-14-3-6-23-7-4-14/h3-4,6-7,9-11,13,26H,5,8,12H2,1-2H3. The molecular weight excluding hydrogens is 416 g/mol. The van der Waals surface area contributed by atoms with Gasteiger partial charge < -0.3 is 13.9 Å². The van der Waals surface area contributed by atoms with Crippen LogP contribution in [0.1, 0.15) is 36.8 Å². The molecule has 1 N–H and O–H groups in total. The molecule has 0 saturated heterocycles. The number of hydrogen-bond acceptors (Lipinski definition) is 6. The smallest absolute Gasteiger partial charge is 0.357 e. The highest BCUT2D eigenvalue weighted by Crippen LogP contribution is 2.29. The molecule has 0 aliphatic carbocycles. The molecule has 7 nitrogen and oxygen atoms in total. The first kappa shape index (κ1) is 21.8. The molecule has 3 aromatic rings. The Balaban J connectivity index is 2.14. The molecule has 1 aromatic carbocycles. The van der Waals surface area contributed by atoms with Crippen LogP contribution in [0.4, 0.5) is 8.78 Å². The minimum atomic E-state index is -4.50. The van der Waals surface area contributed by atoms with E-state index < -0.39 is 27.5 Å². The topological polar surface area (TPSA) is 94.3 Å². The summed E-state index contributed by atoms with van der Waals surface area (Å²) in [6, 6.07) is 5.63. The van der Waals surface area contributed by atoms with Gasteiger partial charge in [0.15, 0.2) is 5.03 Å². The number of aliphatic hydroxyl groups is 1. The molecule has 160 valence electrons. The zero-order valence-corrected chi connectivity index (χ0v) is 17.2. The second kappa shape index (κ2) is 8.88. The van der Waals surface area contributed by atoms with Crippen molar-refractivity contribution in [2.75, 3.05) is 6.61 Å². The second-order valence-corrected chi connectivity index (χ2v) is 8.39. The molecule has 0 spiro atoms. The lowest BCUT2D eigenvalue weighted by atomic mass is 10.1. The van der Waals surface area contributed by atoms with E-state index in [0.29, 0.717) is 11.9 Å². The lowest BCUT2D eigenvalue weighted by Gasteiger charge is -2.14. The van der Waals surface area contributed by atoms with Gasteiger partial charge in [-0.05, 0) is 23.6 Å². The maximum atomic E-state index is 13.5. The van der Waals surface area contributed by atoms with E-state index in [2.05, 4.69) is 9.97 Å². The zero-order chi connectivity index (χ0) is 21.9. The van der Waals surface area contributed by atoms with Crippen molar-refractivity contribution in [3.63, 3.8) is 0 Å². The summed E-state index contributed by atoms with van der Waals surface area (Å²) in [4.78, 5) is 8.36. The molecular formula is C20H21F2N3O4S. The Kier molecular flexibility index (Phi) is 6.47. The molecule has 0 amide bonds. The Hall–Kier alpha value is -2.85. The third kappa shape index (κ3) is 4.82. The molecule has 0 unspecified atom stereocenters. The maximum absolute atomic E-state index is 13.5. The molecule has 0 aliphatic rings. The summed E-state index contributed by atoms with van der Waals surface area (Å²) < 4.78 is 59.9. The van der Waals surface area contributed by atoms with Gasteiger partial charge in [-0.3, -0.25) is 4.98 Å². The van der Waals surface area contributed by atoms with Crippen LogP contribution < -0.4 is 4.18 Å². The van der Waals surface area contributed by atoms with E-state index in [9.17, 15) is 22.3 Å². The molecule has 10 heteroatoms. The molecule has 30 heavy (non-hydrogen) atoms. The molecule has 0 bridgehead atoms. The number of hydrogen-bond donors (Lipinski definition) is 1. The zero-order valence-electron chi connectivity index (χ0n) is 16.4. The van der Waals surface area contributed by atoms with Crippen molar-refractivity contribution in [3.05, 3.63) is 71.4 Å². The first-order chi connectivity index (χ1) is 14.2. The normalized spacial score (nSPS) is 11.8. The van der Waals surface area contributed by atoms with E-state index in [0.717, 1.165) is 17.7 Å². The third-order valence-electron chi connectivity index (χ3n) is 4.28. The number of nitrogens with zero attached hydrogens (tertiary/aromatic N) is 3. The summed E-state index contributed by atoms with van der Waals surface area (Å²) >= 11 is 0. The van der Waals surface area contributed by atoms with Gasteiger partial charge >= 0.3 is 10.1 Å². The van der Waals surface area contributed by atoms with Crippen molar-refractivity contribution >= 4 is 10.1 Å². The highest BCUT2D eigenvalue weighted by molar-refractivity contribution is 7.87. The number of rotatable bonds is 8. The quantitative estimate of drug-likeness (QED) is 0.545. The van der Waals surface area contributed by atoms with Gasteiger partial charge in [0.05, 0.1) is 18.8 Å². The van der Waals surface area contributed by atoms with Crippen LogP contribution in [0.25, 0.3) is 0 Å². The SMILES string of the molecule is CC(C)c1nc(CCO)n(Cc2ccncc2)c1S(=O)(=O)Oc1cc(F)cc(F)c1. The maximum Gasteiger partial charge on any atom is 0.357 e. The monoisotopic (exact) mass is 437 g/mol. The van der Waals surface area contributed by atoms with E-state index in [1.165, 1.54) is 4.57 Å². The molecule has 2 heterocycles. The summed E-state index contributed by atoms with van der Waals surface area (Å²) in [7, 11) is -4.50. The van der Waals surface area contributed by atoms with Crippen molar-refractivity contribution in [1.82, 2.24) is 14.5 Å². The fourth-order valence-corrected chi connectivity index (χ4v) is 4.42.